The summed E-state index contributed by atoms with van der Waals surface area (Å²) >= 11 is 0. The van der Waals surface area contributed by atoms with Gasteiger partial charge in [-0.1, -0.05) is 36.8 Å². The Labute approximate surface area is 142 Å². The summed E-state index contributed by atoms with van der Waals surface area (Å²) in [6.45, 7) is 6.06. The van der Waals surface area contributed by atoms with Gasteiger partial charge in [-0.05, 0) is 31.7 Å². The van der Waals surface area contributed by atoms with Crippen molar-refractivity contribution in [1.29, 1.82) is 0 Å². The van der Waals surface area contributed by atoms with Crippen LogP contribution in [0.25, 0.3) is 0 Å². The van der Waals surface area contributed by atoms with Gasteiger partial charge in [-0.2, -0.15) is 15.4 Å². The third kappa shape index (κ3) is 2.62. The maximum absolute atomic E-state index is 13.0. The summed E-state index contributed by atoms with van der Waals surface area (Å²) in [5, 5.41) is 11.0. The van der Waals surface area contributed by atoms with E-state index in [4.69, 9.17) is 0 Å². The number of aromatic amines is 1. The monoisotopic (exact) mass is 324 g/mol. The Morgan fingerprint density at radius 3 is 2.79 bits per heavy atom. The number of aromatic nitrogens is 3. The van der Waals surface area contributed by atoms with Crippen molar-refractivity contribution in [3.05, 3.63) is 46.8 Å². The number of fused-ring (bicyclic) bond motifs is 1. The van der Waals surface area contributed by atoms with Crippen molar-refractivity contribution in [3.63, 3.8) is 0 Å². The fourth-order valence-electron chi connectivity index (χ4n) is 4.09. The molecule has 0 spiro atoms. The van der Waals surface area contributed by atoms with Gasteiger partial charge < -0.3 is 4.90 Å². The first-order valence-electron chi connectivity index (χ1n) is 8.80. The first kappa shape index (κ1) is 15.4. The number of rotatable bonds is 2. The van der Waals surface area contributed by atoms with E-state index in [0.29, 0.717) is 5.91 Å². The standard InChI is InChI=1S/C19H24N4O/c1-13-3-6-15(7-4-13)19(2)9-10-23(12-19)18(24)14-5-8-16-17(11-14)21-22-20-16/h3-4,6-7,14H,5,8-12H2,1-2H3,(H,20,21,22). The van der Waals surface area contributed by atoms with Crippen molar-refractivity contribution < 1.29 is 4.79 Å². The lowest BCUT2D eigenvalue weighted by Gasteiger charge is -2.28. The number of benzene rings is 1. The second-order valence-corrected chi connectivity index (χ2v) is 7.59. The number of amides is 1. The lowest BCUT2D eigenvalue weighted by atomic mass is 9.81. The van der Waals surface area contributed by atoms with Crippen LogP contribution in [0.4, 0.5) is 0 Å². The zero-order valence-electron chi connectivity index (χ0n) is 14.4. The Hall–Kier alpha value is -2.17. The lowest BCUT2D eigenvalue weighted by molar-refractivity contribution is -0.135. The van der Waals surface area contributed by atoms with E-state index < -0.39 is 0 Å². The van der Waals surface area contributed by atoms with Crippen LogP contribution in [0.5, 0.6) is 0 Å². The van der Waals surface area contributed by atoms with Crippen LogP contribution in [0.2, 0.25) is 0 Å². The number of hydrogen-bond acceptors (Lipinski definition) is 3. The molecule has 1 saturated heterocycles. The van der Waals surface area contributed by atoms with Gasteiger partial charge in [-0.25, -0.2) is 0 Å². The predicted octanol–water partition coefficient (Wildman–Crippen LogP) is 2.41. The number of hydrogen-bond donors (Lipinski definition) is 1. The largest absolute Gasteiger partial charge is 0.342 e. The molecule has 0 bridgehead atoms. The molecular weight excluding hydrogens is 300 g/mol. The summed E-state index contributed by atoms with van der Waals surface area (Å²) in [4.78, 5) is 15.0. The number of H-pyrrole nitrogens is 1. The highest BCUT2D eigenvalue weighted by atomic mass is 16.2. The summed E-state index contributed by atoms with van der Waals surface area (Å²) in [5.74, 6) is 0.349. The molecule has 0 radical (unpaired) electrons. The van der Waals surface area contributed by atoms with Gasteiger partial charge in [-0.3, -0.25) is 4.79 Å². The second-order valence-electron chi connectivity index (χ2n) is 7.59. The SMILES string of the molecule is Cc1ccc(C2(C)CCN(C(=O)C3CCc4n[nH]nc4C3)C2)cc1. The third-order valence-corrected chi connectivity index (χ3v) is 5.76. The summed E-state index contributed by atoms with van der Waals surface area (Å²) in [6, 6.07) is 8.76. The molecule has 4 rings (SSSR count). The number of nitrogens with zero attached hydrogens (tertiary/aromatic N) is 3. The maximum atomic E-state index is 13.0. The average Bonchev–Trinajstić information content (AvgIpc) is 3.21. The smallest absolute Gasteiger partial charge is 0.226 e. The van der Waals surface area contributed by atoms with Gasteiger partial charge in [0.1, 0.15) is 0 Å². The Morgan fingerprint density at radius 2 is 2.00 bits per heavy atom. The maximum Gasteiger partial charge on any atom is 0.226 e. The van der Waals surface area contributed by atoms with Crippen LogP contribution in [-0.2, 0) is 23.1 Å². The molecule has 24 heavy (non-hydrogen) atoms. The summed E-state index contributed by atoms with van der Waals surface area (Å²) < 4.78 is 0. The Bertz CT molecular complexity index is 751. The summed E-state index contributed by atoms with van der Waals surface area (Å²) in [6.07, 6.45) is 3.49. The molecular formula is C19H24N4O. The third-order valence-electron chi connectivity index (χ3n) is 5.76. The van der Waals surface area contributed by atoms with Gasteiger partial charge in [0.2, 0.25) is 5.91 Å². The number of carbonyl (C=O) groups is 1. The van der Waals surface area contributed by atoms with Crippen LogP contribution in [0.1, 0.15) is 42.3 Å². The quantitative estimate of drug-likeness (QED) is 0.923. The van der Waals surface area contributed by atoms with E-state index in [1.54, 1.807) is 0 Å². The molecule has 1 fully saturated rings. The van der Waals surface area contributed by atoms with E-state index in [0.717, 1.165) is 50.2 Å². The van der Waals surface area contributed by atoms with Crippen molar-refractivity contribution in [1.82, 2.24) is 20.3 Å². The molecule has 2 unspecified atom stereocenters. The Kier molecular flexibility index (Phi) is 3.66. The van der Waals surface area contributed by atoms with Gasteiger partial charge in [0.15, 0.2) is 0 Å². The van der Waals surface area contributed by atoms with Gasteiger partial charge >= 0.3 is 0 Å². The molecule has 0 saturated carbocycles. The summed E-state index contributed by atoms with van der Waals surface area (Å²) in [5.41, 5.74) is 4.69. The normalized spacial score (nSPS) is 26.4. The molecule has 1 aliphatic heterocycles. The molecule has 2 aliphatic rings. The molecule has 2 atom stereocenters. The minimum atomic E-state index is 0.0583. The summed E-state index contributed by atoms with van der Waals surface area (Å²) in [7, 11) is 0. The number of carbonyl (C=O) groups excluding carboxylic acids is 1. The minimum absolute atomic E-state index is 0.0583. The van der Waals surface area contributed by atoms with Crippen LogP contribution >= 0.6 is 0 Å². The highest BCUT2D eigenvalue weighted by Crippen LogP contribution is 2.36. The van der Waals surface area contributed by atoms with Crippen molar-refractivity contribution in [2.24, 2.45) is 5.92 Å². The van der Waals surface area contributed by atoms with Crippen LogP contribution in [-0.4, -0.2) is 39.3 Å². The highest BCUT2D eigenvalue weighted by Gasteiger charge is 2.40. The highest BCUT2D eigenvalue weighted by molar-refractivity contribution is 5.80. The average molecular weight is 324 g/mol. The van der Waals surface area contributed by atoms with Crippen LogP contribution in [0, 0.1) is 12.8 Å². The van der Waals surface area contributed by atoms with Crippen LogP contribution < -0.4 is 0 Å². The van der Waals surface area contributed by atoms with E-state index in [-0.39, 0.29) is 11.3 Å². The predicted molar refractivity (Wildman–Crippen MR) is 91.6 cm³/mol. The first-order valence-corrected chi connectivity index (χ1v) is 8.80. The van der Waals surface area contributed by atoms with Gasteiger partial charge in [0.25, 0.3) is 0 Å². The fraction of sp³-hybridized carbons (Fsp3) is 0.526. The van der Waals surface area contributed by atoms with Crippen molar-refractivity contribution >= 4 is 5.91 Å². The van der Waals surface area contributed by atoms with E-state index in [2.05, 4.69) is 58.4 Å². The van der Waals surface area contributed by atoms with Crippen molar-refractivity contribution in [2.75, 3.05) is 13.1 Å². The van der Waals surface area contributed by atoms with Gasteiger partial charge in [0.05, 0.1) is 11.4 Å². The van der Waals surface area contributed by atoms with Crippen LogP contribution in [0.15, 0.2) is 24.3 Å². The Balaban J connectivity index is 1.46. The zero-order chi connectivity index (χ0) is 16.7. The van der Waals surface area contributed by atoms with Crippen molar-refractivity contribution in [2.45, 2.75) is 44.9 Å². The second kappa shape index (κ2) is 5.72. The number of aryl methyl sites for hydroxylation is 2. The van der Waals surface area contributed by atoms with E-state index >= 15 is 0 Å². The van der Waals surface area contributed by atoms with E-state index in [1.807, 2.05) is 0 Å². The van der Waals surface area contributed by atoms with E-state index in [9.17, 15) is 4.79 Å². The topological polar surface area (TPSA) is 61.9 Å². The zero-order valence-corrected chi connectivity index (χ0v) is 14.4. The lowest BCUT2D eigenvalue weighted by Crippen LogP contribution is -2.38. The molecule has 1 N–H and O–H groups in total. The number of likely N-dealkylation sites (tertiary alicyclic amines) is 1. The molecule has 5 heteroatoms. The molecule has 2 heterocycles. The molecule has 1 aromatic heterocycles. The molecule has 5 nitrogen and oxygen atoms in total. The van der Waals surface area contributed by atoms with Crippen molar-refractivity contribution in [3.8, 4) is 0 Å². The molecule has 126 valence electrons. The first-order chi connectivity index (χ1) is 11.5. The molecule has 1 aromatic carbocycles. The Morgan fingerprint density at radius 1 is 1.25 bits per heavy atom. The fourth-order valence-corrected chi connectivity index (χ4v) is 4.09. The van der Waals surface area contributed by atoms with Crippen LogP contribution in [0.3, 0.4) is 0 Å². The van der Waals surface area contributed by atoms with Gasteiger partial charge in [0, 0.05) is 30.8 Å². The molecule has 2 aromatic rings. The molecule has 1 amide bonds. The number of nitrogens with one attached hydrogen (secondary N) is 1. The minimum Gasteiger partial charge on any atom is -0.342 e. The molecule has 1 aliphatic carbocycles. The van der Waals surface area contributed by atoms with E-state index in [1.165, 1.54) is 11.1 Å². The van der Waals surface area contributed by atoms with Gasteiger partial charge in [-0.15, -0.1) is 0 Å².